The maximum atomic E-state index is 10.8. The van der Waals surface area contributed by atoms with Crippen LogP contribution in [-0.2, 0) is 0 Å². The van der Waals surface area contributed by atoms with Crippen LogP contribution in [0.25, 0.3) is 5.78 Å². The summed E-state index contributed by atoms with van der Waals surface area (Å²) in [7, 11) is 0. The molecule has 0 saturated heterocycles. The third kappa shape index (κ3) is 1.58. The van der Waals surface area contributed by atoms with Crippen molar-refractivity contribution in [2.45, 2.75) is 26.2 Å². The molecule has 0 radical (unpaired) electrons. The first-order chi connectivity index (χ1) is 7.97. The molecule has 1 fully saturated rings. The van der Waals surface area contributed by atoms with Crippen LogP contribution in [0.5, 0.6) is 0 Å². The van der Waals surface area contributed by atoms with E-state index in [-0.39, 0.29) is 5.69 Å². The molecule has 0 bridgehead atoms. The molecule has 1 aliphatic rings. The van der Waals surface area contributed by atoms with Gasteiger partial charge in [0, 0.05) is 18.6 Å². The van der Waals surface area contributed by atoms with E-state index in [1.165, 1.54) is 6.20 Å². The van der Waals surface area contributed by atoms with E-state index in [1.807, 2.05) is 6.20 Å². The van der Waals surface area contributed by atoms with Gasteiger partial charge < -0.3 is 5.11 Å². The van der Waals surface area contributed by atoms with E-state index in [9.17, 15) is 4.79 Å². The lowest BCUT2D eigenvalue weighted by Crippen LogP contribution is -1.95. The van der Waals surface area contributed by atoms with Gasteiger partial charge in [0.15, 0.2) is 5.69 Å². The standard InChI is InChI=1S/C12H13N3O2/c1-12(2)3-8(12)7-4-13-11-14-9(10(16)17)6-15(11)5-7/h4-6,8H,3H2,1-2H3,(H,16,17). The van der Waals surface area contributed by atoms with E-state index in [4.69, 9.17) is 5.11 Å². The average Bonchev–Trinajstić information content (AvgIpc) is 2.74. The highest BCUT2D eigenvalue weighted by atomic mass is 16.4. The molecule has 0 aromatic carbocycles. The van der Waals surface area contributed by atoms with Crippen LogP contribution in [0.1, 0.15) is 42.2 Å². The first-order valence-electron chi connectivity index (χ1n) is 5.55. The molecule has 1 N–H and O–H groups in total. The van der Waals surface area contributed by atoms with Crippen molar-refractivity contribution in [3.63, 3.8) is 0 Å². The van der Waals surface area contributed by atoms with E-state index >= 15 is 0 Å². The Balaban J connectivity index is 2.04. The Morgan fingerprint density at radius 1 is 1.53 bits per heavy atom. The number of fused-ring (bicyclic) bond motifs is 1. The Morgan fingerprint density at radius 2 is 2.24 bits per heavy atom. The summed E-state index contributed by atoms with van der Waals surface area (Å²) < 4.78 is 1.69. The zero-order valence-electron chi connectivity index (χ0n) is 9.71. The maximum absolute atomic E-state index is 10.8. The summed E-state index contributed by atoms with van der Waals surface area (Å²) in [5.74, 6) is -0.0662. The largest absolute Gasteiger partial charge is 0.476 e. The molecule has 1 saturated carbocycles. The second-order valence-corrected chi connectivity index (χ2v) is 5.27. The van der Waals surface area contributed by atoms with Crippen LogP contribution >= 0.6 is 0 Å². The maximum Gasteiger partial charge on any atom is 0.356 e. The number of carbonyl (C=O) groups is 1. The molecular formula is C12H13N3O2. The minimum Gasteiger partial charge on any atom is -0.476 e. The normalized spacial score (nSPS) is 21.6. The van der Waals surface area contributed by atoms with E-state index in [0.717, 1.165) is 12.0 Å². The molecule has 1 atom stereocenters. The summed E-state index contributed by atoms with van der Waals surface area (Å²) in [6.07, 6.45) is 6.39. The lowest BCUT2D eigenvalue weighted by atomic mass is 10.1. The summed E-state index contributed by atoms with van der Waals surface area (Å²) in [4.78, 5) is 18.9. The zero-order valence-corrected chi connectivity index (χ0v) is 9.71. The Morgan fingerprint density at radius 3 is 2.82 bits per heavy atom. The molecule has 2 aromatic rings. The van der Waals surface area contributed by atoms with Gasteiger partial charge in [-0.1, -0.05) is 13.8 Å². The third-order valence-corrected chi connectivity index (χ3v) is 3.46. The minimum atomic E-state index is -1.02. The molecule has 17 heavy (non-hydrogen) atoms. The Hall–Kier alpha value is -1.91. The number of carboxylic acids is 1. The van der Waals surface area contributed by atoms with Crippen molar-refractivity contribution in [2.24, 2.45) is 5.41 Å². The summed E-state index contributed by atoms with van der Waals surface area (Å²) >= 11 is 0. The van der Waals surface area contributed by atoms with Crippen LogP contribution in [0.2, 0.25) is 0 Å². The minimum absolute atomic E-state index is 0.0321. The number of hydrogen-bond donors (Lipinski definition) is 1. The molecule has 1 aliphatic carbocycles. The average molecular weight is 231 g/mol. The van der Waals surface area contributed by atoms with Crippen LogP contribution < -0.4 is 0 Å². The number of aromatic nitrogens is 3. The fourth-order valence-corrected chi connectivity index (χ4v) is 2.22. The van der Waals surface area contributed by atoms with Crippen LogP contribution in [0.4, 0.5) is 0 Å². The monoisotopic (exact) mass is 231 g/mol. The van der Waals surface area contributed by atoms with E-state index in [2.05, 4.69) is 23.8 Å². The number of hydrogen-bond acceptors (Lipinski definition) is 3. The van der Waals surface area contributed by atoms with Crippen molar-refractivity contribution in [1.82, 2.24) is 14.4 Å². The van der Waals surface area contributed by atoms with Crippen molar-refractivity contribution in [1.29, 1.82) is 0 Å². The molecule has 2 aromatic heterocycles. The van der Waals surface area contributed by atoms with Gasteiger partial charge in [-0.2, -0.15) is 0 Å². The van der Waals surface area contributed by atoms with E-state index in [1.54, 1.807) is 10.6 Å². The summed E-state index contributed by atoms with van der Waals surface area (Å²) in [6, 6.07) is 0. The Bertz CT molecular complexity index is 615. The van der Waals surface area contributed by atoms with E-state index in [0.29, 0.717) is 17.1 Å². The Labute approximate surface area is 98.1 Å². The quantitative estimate of drug-likeness (QED) is 0.857. The lowest BCUT2D eigenvalue weighted by Gasteiger charge is -2.03. The van der Waals surface area contributed by atoms with Crippen molar-refractivity contribution in [2.75, 3.05) is 0 Å². The molecule has 5 nitrogen and oxygen atoms in total. The van der Waals surface area contributed by atoms with Gasteiger partial charge in [0.1, 0.15) is 0 Å². The molecule has 3 rings (SSSR count). The SMILES string of the molecule is CC1(C)CC1c1cnc2nc(C(=O)O)cn2c1. The van der Waals surface area contributed by atoms with Gasteiger partial charge >= 0.3 is 5.97 Å². The van der Waals surface area contributed by atoms with Crippen molar-refractivity contribution in [3.05, 3.63) is 29.8 Å². The van der Waals surface area contributed by atoms with Crippen LogP contribution in [-0.4, -0.2) is 25.4 Å². The van der Waals surface area contributed by atoms with Crippen molar-refractivity contribution >= 4 is 11.7 Å². The number of aromatic carboxylic acids is 1. The smallest absolute Gasteiger partial charge is 0.356 e. The van der Waals surface area contributed by atoms with Gasteiger partial charge in [-0.3, -0.25) is 4.40 Å². The van der Waals surface area contributed by atoms with Crippen LogP contribution in [0.15, 0.2) is 18.6 Å². The van der Waals surface area contributed by atoms with E-state index < -0.39 is 5.97 Å². The number of rotatable bonds is 2. The zero-order chi connectivity index (χ0) is 12.2. The molecule has 0 amide bonds. The summed E-state index contributed by atoms with van der Waals surface area (Å²) in [5, 5.41) is 8.86. The molecule has 1 unspecified atom stereocenters. The van der Waals surface area contributed by atoms with Crippen molar-refractivity contribution < 1.29 is 9.90 Å². The Kier molecular flexibility index (Phi) is 1.85. The van der Waals surface area contributed by atoms with Gasteiger partial charge in [-0.15, -0.1) is 0 Å². The topological polar surface area (TPSA) is 67.5 Å². The lowest BCUT2D eigenvalue weighted by molar-refractivity contribution is 0.0691. The highest BCUT2D eigenvalue weighted by Crippen LogP contribution is 2.58. The molecule has 88 valence electrons. The summed E-state index contributed by atoms with van der Waals surface area (Å²) in [6.45, 7) is 4.44. The molecule has 0 spiro atoms. The molecule has 0 aliphatic heterocycles. The third-order valence-electron chi connectivity index (χ3n) is 3.46. The highest BCUT2D eigenvalue weighted by Gasteiger charge is 2.46. The fraction of sp³-hybridized carbons (Fsp3) is 0.417. The van der Waals surface area contributed by atoms with Crippen LogP contribution in [0.3, 0.4) is 0 Å². The molecular weight excluding hydrogens is 218 g/mol. The highest BCUT2D eigenvalue weighted by molar-refractivity contribution is 5.85. The number of imidazole rings is 1. The number of nitrogens with zero attached hydrogens (tertiary/aromatic N) is 3. The van der Waals surface area contributed by atoms with Gasteiger partial charge in [0.05, 0.1) is 0 Å². The number of carboxylic acid groups (broad SMARTS) is 1. The van der Waals surface area contributed by atoms with Crippen molar-refractivity contribution in [3.8, 4) is 0 Å². The second-order valence-electron chi connectivity index (χ2n) is 5.27. The fourth-order valence-electron chi connectivity index (χ4n) is 2.22. The van der Waals surface area contributed by atoms with Crippen LogP contribution in [0, 0.1) is 5.41 Å². The predicted molar refractivity (Wildman–Crippen MR) is 61.1 cm³/mol. The molecule has 2 heterocycles. The molecule has 5 heteroatoms. The first kappa shape index (κ1) is 10.3. The summed E-state index contributed by atoms with van der Waals surface area (Å²) in [5.41, 5.74) is 1.52. The second kappa shape index (κ2) is 3.06. The predicted octanol–water partition coefficient (Wildman–Crippen LogP) is 1.94. The van der Waals surface area contributed by atoms with Gasteiger partial charge in [0.2, 0.25) is 5.78 Å². The van der Waals surface area contributed by atoms with Gasteiger partial charge in [0.25, 0.3) is 0 Å². The van der Waals surface area contributed by atoms with Gasteiger partial charge in [-0.25, -0.2) is 14.8 Å². The first-order valence-corrected chi connectivity index (χ1v) is 5.55. The van der Waals surface area contributed by atoms with Gasteiger partial charge in [-0.05, 0) is 23.3 Å².